The van der Waals surface area contributed by atoms with Gasteiger partial charge in [0.25, 0.3) is 7.82 Å². The molecule has 9 nitrogen and oxygen atoms in total. The average Bonchev–Trinajstić information content (AvgIpc) is 3.37. The van der Waals surface area contributed by atoms with Crippen LogP contribution < -0.4 is 10.2 Å². The molecule has 0 aliphatic carbocycles. The number of allylic oxidation sites excluding steroid dienone is 9. The Bertz CT molecular complexity index is 1470. The third-order valence-electron chi connectivity index (χ3n) is 13.9. The Morgan fingerprint density at radius 1 is 0.467 bits per heavy atom. The first-order chi connectivity index (χ1) is 36.4. The summed E-state index contributed by atoms with van der Waals surface area (Å²) in [5.74, 6) is -0.549. The van der Waals surface area contributed by atoms with Gasteiger partial charge < -0.3 is 28.5 Å². The van der Waals surface area contributed by atoms with E-state index in [0.717, 1.165) is 96.3 Å². The first-order valence-electron chi connectivity index (χ1n) is 31.6. The highest BCUT2D eigenvalue weighted by molar-refractivity contribution is 7.45. The highest BCUT2D eigenvalue weighted by Crippen LogP contribution is 2.38. The molecule has 438 valence electrons. The van der Waals surface area contributed by atoms with Crippen molar-refractivity contribution in [2.45, 2.75) is 303 Å². The minimum absolute atomic E-state index is 0.0251. The van der Waals surface area contributed by atoms with Crippen LogP contribution in [0.2, 0.25) is 0 Å². The van der Waals surface area contributed by atoms with Gasteiger partial charge >= 0.3 is 5.97 Å². The molecule has 1 N–H and O–H groups in total. The molecule has 0 rings (SSSR count). The summed E-state index contributed by atoms with van der Waals surface area (Å²) in [6.07, 6.45) is 68.9. The minimum Gasteiger partial charge on any atom is -0.756 e. The third-order valence-corrected chi connectivity index (χ3v) is 14.9. The molecule has 0 bridgehead atoms. The number of rotatable bonds is 57. The number of phosphoric acid groups is 1. The van der Waals surface area contributed by atoms with E-state index in [1.807, 2.05) is 33.3 Å². The van der Waals surface area contributed by atoms with Crippen LogP contribution in [0.4, 0.5) is 0 Å². The van der Waals surface area contributed by atoms with E-state index >= 15 is 0 Å². The van der Waals surface area contributed by atoms with E-state index < -0.39 is 26.6 Å². The lowest BCUT2D eigenvalue weighted by molar-refractivity contribution is -0.870. The van der Waals surface area contributed by atoms with Crippen LogP contribution in [0.3, 0.4) is 0 Å². The summed E-state index contributed by atoms with van der Waals surface area (Å²) in [5, 5.41) is 3.03. The standard InChI is InChI=1S/C65H121N2O7P/c1-7-10-13-16-19-22-25-28-30-31-32-33-34-35-37-40-43-46-49-52-55-58-65(69)74-63(56-53-50-47-44-41-38-27-24-21-18-15-12-9-3)62(61-73-75(70,71)72-60-59-67(4,5)6)66-64(68)57-54-51-48-45-42-39-36-29-26-23-20-17-14-11-8-2/h19,22-23,26,28,30,32-33,53,56,62-63H,7-18,20-21,24-25,27,29,31,34-52,54-55,57-61H2,1-6H3,(H-,66,68,70,71)/b22-19-,26-23-,30-28-,33-32-,56-53-. The monoisotopic (exact) mass is 1070 g/mol. The molecule has 3 atom stereocenters. The maximum atomic E-state index is 13.5. The molecule has 0 saturated heterocycles. The van der Waals surface area contributed by atoms with Gasteiger partial charge in [0.15, 0.2) is 0 Å². The molecule has 0 aromatic rings. The zero-order valence-electron chi connectivity index (χ0n) is 50.0. The predicted octanol–water partition coefficient (Wildman–Crippen LogP) is 18.8. The Balaban J connectivity index is 5.27. The van der Waals surface area contributed by atoms with Crippen molar-refractivity contribution in [3.05, 3.63) is 60.8 Å². The van der Waals surface area contributed by atoms with E-state index in [1.165, 1.54) is 161 Å². The Labute approximate surface area is 464 Å². The molecule has 0 spiro atoms. The van der Waals surface area contributed by atoms with E-state index in [-0.39, 0.29) is 24.9 Å². The number of nitrogens with zero attached hydrogens (tertiary/aromatic N) is 1. The number of phosphoric ester groups is 1. The average molecular weight is 1070 g/mol. The normalized spacial score (nSPS) is 14.1. The van der Waals surface area contributed by atoms with Gasteiger partial charge in [-0.1, -0.05) is 242 Å². The molecule has 3 unspecified atom stereocenters. The van der Waals surface area contributed by atoms with Gasteiger partial charge in [-0.05, 0) is 96.0 Å². The summed E-state index contributed by atoms with van der Waals surface area (Å²) in [7, 11) is 1.18. The number of carbonyl (C=O) groups is 2. The van der Waals surface area contributed by atoms with E-state index in [4.69, 9.17) is 13.8 Å². The van der Waals surface area contributed by atoms with Crippen molar-refractivity contribution < 1.29 is 37.3 Å². The quantitative estimate of drug-likeness (QED) is 0.0212. The van der Waals surface area contributed by atoms with Crippen LogP contribution in [0.1, 0.15) is 290 Å². The molecule has 0 heterocycles. The van der Waals surface area contributed by atoms with Gasteiger partial charge in [-0.3, -0.25) is 14.2 Å². The summed E-state index contributed by atoms with van der Waals surface area (Å²) >= 11 is 0. The van der Waals surface area contributed by atoms with Crippen molar-refractivity contribution in [3.8, 4) is 0 Å². The van der Waals surface area contributed by atoms with E-state index in [2.05, 4.69) is 74.7 Å². The third kappa shape index (κ3) is 56.2. The number of amides is 1. The second-order valence-electron chi connectivity index (χ2n) is 22.6. The van der Waals surface area contributed by atoms with Gasteiger partial charge in [-0.15, -0.1) is 0 Å². The SMILES string of the molecule is CCCCC/C=C\C/C=C\C/C=C\CCCCCCCCCCC(=O)OC(/C=C\CCCCCCCCCCCCC)C(COP(=O)([O-])OCC[N+](C)(C)C)NC(=O)CCCCCCCCC/C=C\CCCCCC. The summed E-state index contributed by atoms with van der Waals surface area (Å²) in [6.45, 7) is 6.81. The molecule has 0 radical (unpaired) electrons. The topological polar surface area (TPSA) is 114 Å². The van der Waals surface area contributed by atoms with Gasteiger partial charge in [0, 0.05) is 12.8 Å². The molecular formula is C65H121N2O7P. The fraction of sp³-hybridized carbons (Fsp3) is 0.815. The number of carbonyl (C=O) groups excluding carboxylic acids is 2. The molecule has 0 fully saturated rings. The zero-order chi connectivity index (χ0) is 55.0. The Morgan fingerprint density at radius 3 is 1.27 bits per heavy atom. The summed E-state index contributed by atoms with van der Waals surface area (Å²) < 4.78 is 30.3. The van der Waals surface area contributed by atoms with Crippen LogP contribution in [-0.4, -0.2) is 69.4 Å². The molecule has 0 aliphatic heterocycles. The van der Waals surface area contributed by atoms with Crippen molar-refractivity contribution in [3.63, 3.8) is 0 Å². The maximum Gasteiger partial charge on any atom is 0.306 e. The lowest BCUT2D eigenvalue weighted by Gasteiger charge is -2.30. The molecule has 0 aromatic carbocycles. The maximum absolute atomic E-state index is 13.5. The molecular weight excluding hydrogens is 952 g/mol. The largest absolute Gasteiger partial charge is 0.756 e. The summed E-state index contributed by atoms with van der Waals surface area (Å²) in [4.78, 5) is 40.0. The van der Waals surface area contributed by atoms with Crippen LogP contribution in [0.5, 0.6) is 0 Å². The van der Waals surface area contributed by atoms with Crippen molar-refractivity contribution in [2.75, 3.05) is 40.9 Å². The molecule has 0 aliphatic rings. The number of unbranched alkanes of at least 4 members (excludes halogenated alkanes) is 33. The van der Waals surface area contributed by atoms with Crippen molar-refractivity contribution in [1.29, 1.82) is 0 Å². The van der Waals surface area contributed by atoms with Gasteiger partial charge in [-0.25, -0.2) is 0 Å². The van der Waals surface area contributed by atoms with Crippen LogP contribution in [0, 0.1) is 0 Å². The van der Waals surface area contributed by atoms with E-state index in [9.17, 15) is 19.0 Å². The second kappa shape index (κ2) is 55.0. The first kappa shape index (κ1) is 72.7. The van der Waals surface area contributed by atoms with Crippen molar-refractivity contribution >= 4 is 19.7 Å². The minimum atomic E-state index is -4.70. The van der Waals surface area contributed by atoms with Crippen molar-refractivity contribution in [1.82, 2.24) is 5.32 Å². The number of likely N-dealkylation sites (N-methyl/N-ethyl adjacent to an activating group) is 1. The summed E-state index contributed by atoms with van der Waals surface area (Å²) in [6, 6.07) is -0.894. The molecule has 10 heteroatoms. The van der Waals surface area contributed by atoms with Crippen LogP contribution >= 0.6 is 7.82 Å². The second-order valence-corrected chi connectivity index (χ2v) is 24.0. The number of hydrogen-bond acceptors (Lipinski definition) is 7. The predicted molar refractivity (Wildman–Crippen MR) is 321 cm³/mol. The first-order valence-corrected chi connectivity index (χ1v) is 33.1. The van der Waals surface area contributed by atoms with Crippen LogP contribution in [0.15, 0.2) is 60.8 Å². The van der Waals surface area contributed by atoms with Gasteiger partial charge in [0.05, 0.1) is 33.8 Å². The number of esters is 1. The van der Waals surface area contributed by atoms with Crippen LogP contribution in [-0.2, 0) is 27.9 Å². The molecule has 0 saturated carbocycles. The van der Waals surface area contributed by atoms with Crippen molar-refractivity contribution in [2.24, 2.45) is 0 Å². The molecule has 1 amide bonds. The van der Waals surface area contributed by atoms with Gasteiger partial charge in [-0.2, -0.15) is 0 Å². The lowest BCUT2D eigenvalue weighted by Crippen LogP contribution is -2.47. The Hall–Kier alpha value is -2.29. The highest BCUT2D eigenvalue weighted by atomic mass is 31.2. The van der Waals surface area contributed by atoms with E-state index in [1.54, 1.807) is 0 Å². The fourth-order valence-electron chi connectivity index (χ4n) is 8.99. The van der Waals surface area contributed by atoms with E-state index in [0.29, 0.717) is 17.4 Å². The summed E-state index contributed by atoms with van der Waals surface area (Å²) in [5.41, 5.74) is 0. The van der Waals surface area contributed by atoms with Gasteiger partial charge in [0.2, 0.25) is 5.91 Å². The Kier molecular flexibility index (Phi) is 53.4. The number of quaternary nitrogens is 1. The van der Waals surface area contributed by atoms with Gasteiger partial charge in [0.1, 0.15) is 19.3 Å². The van der Waals surface area contributed by atoms with Crippen LogP contribution in [0.25, 0.3) is 0 Å². The molecule has 0 aromatic heterocycles. The number of hydrogen-bond donors (Lipinski definition) is 1. The molecule has 75 heavy (non-hydrogen) atoms. The number of nitrogens with one attached hydrogen (secondary N) is 1. The Morgan fingerprint density at radius 2 is 0.813 bits per heavy atom. The smallest absolute Gasteiger partial charge is 0.306 e. The zero-order valence-corrected chi connectivity index (χ0v) is 50.9. The fourth-order valence-corrected chi connectivity index (χ4v) is 9.72. The highest BCUT2D eigenvalue weighted by Gasteiger charge is 2.27. The number of ether oxygens (including phenoxy) is 1. The lowest BCUT2D eigenvalue weighted by atomic mass is 10.0.